The molecule has 0 spiro atoms. The van der Waals surface area contributed by atoms with E-state index in [1.165, 1.54) is 0 Å². The lowest BCUT2D eigenvalue weighted by Gasteiger charge is -2.18. The summed E-state index contributed by atoms with van der Waals surface area (Å²) in [7, 11) is 1.73. The van der Waals surface area contributed by atoms with E-state index >= 15 is 0 Å². The minimum atomic E-state index is -0.392. The zero-order valence-corrected chi connectivity index (χ0v) is 15.0. The van der Waals surface area contributed by atoms with Crippen molar-refractivity contribution < 1.29 is 14.4 Å². The zero-order chi connectivity index (χ0) is 18.7. The predicted octanol–water partition coefficient (Wildman–Crippen LogP) is 2.66. The van der Waals surface area contributed by atoms with Gasteiger partial charge in [-0.15, -0.1) is 0 Å². The first kappa shape index (κ1) is 17.9. The van der Waals surface area contributed by atoms with E-state index in [1.807, 2.05) is 18.2 Å². The van der Waals surface area contributed by atoms with Gasteiger partial charge in [-0.3, -0.25) is 14.5 Å². The lowest BCUT2D eigenvalue weighted by Crippen LogP contribution is -2.30. The van der Waals surface area contributed by atoms with Gasteiger partial charge in [0.25, 0.3) is 5.91 Å². The van der Waals surface area contributed by atoms with Gasteiger partial charge in [-0.25, -0.2) is 4.79 Å². The van der Waals surface area contributed by atoms with Crippen molar-refractivity contribution in [3.8, 4) is 0 Å². The number of nitrogens with one attached hydrogen (secondary N) is 1. The highest BCUT2D eigenvalue weighted by molar-refractivity contribution is 6.30. The van der Waals surface area contributed by atoms with Gasteiger partial charge in [-0.1, -0.05) is 35.9 Å². The van der Waals surface area contributed by atoms with Crippen LogP contribution in [0.2, 0.25) is 5.02 Å². The maximum atomic E-state index is 12.6. The van der Waals surface area contributed by atoms with Crippen molar-refractivity contribution in [2.24, 2.45) is 0 Å². The molecule has 2 aromatic rings. The fourth-order valence-corrected chi connectivity index (χ4v) is 2.96. The molecule has 1 aliphatic heterocycles. The van der Waals surface area contributed by atoms with E-state index in [0.717, 1.165) is 16.0 Å². The van der Waals surface area contributed by atoms with Crippen LogP contribution in [0.25, 0.3) is 0 Å². The normalized spacial score (nSPS) is 13.7. The Balaban J connectivity index is 1.64. The quantitative estimate of drug-likeness (QED) is 0.821. The molecular formula is C19H18ClN3O3. The fourth-order valence-electron chi connectivity index (χ4n) is 2.75. The monoisotopic (exact) mass is 371 g/mol. The first-order chi connectivity index (χ1) is 12.4. The van der Waals surface area contributed by atoms with Crippen LogP contribution in [0.5, 0.6) is 0 Å². The largest absolute Gasteiger partial charge is 0.337 e. The van der Waals surface area contributed by atoms with Gasteiger partial charge in [-0.2, -0.15) is 0 Å². The Labute approximate surface area is 156 Å². The van der Waals surface area contributed by atoms with E-state index in [4.69, 9.17) is 11.6 Å². The minimum absolute atomic E-state index is 0.0314. The molecule has 0 aliphatic carbocycles. The fraction of sp³-hybridized carbons (Fsp3) is 0.211. The highest BCUT2D eigenvalue weighted by Crippen LogP contribution is 2.15. The Morgan fingerprint density at radius 3 is 2.50 bits per heavy atom. The molecule has 26 heavy (non-hydrogen) atoms. The lowest BCUT2D eigenvalue weighted by atomic mass is 10.1. The average molecular weight is 372 g/mol. The molecule has 7 heteroatoms. The molecule has 0 unspecified atom stereocenters. The number of carbonyl (C=O) groups is 3. The van der Waals surface area contributed by atoms with Crippen LogP contribution in [-0.4, -0.2) is 41.2 Å². The van der Waals surface area contributed by atoms with Crippen molar-refractivity contribution in [2.75, 3.05) is 13.6 Å². The average Bonchev–Trinajstić information content (AvgIpc) is 2.94. The lowest BCUT2D eigenvalue weighted by molar-refractivity contribution is -0.125. The summed E-state index contributed by atoms with van der Waals surface area (Å²) in [6.45, 7) is 0.671. The standard InChI is InChI=1S/C19H18ClN3O3/c1-22(11-14-3-2-4-16(20)9-14)18(25)15-7-5-13(6-8-15)12-23-17(24)10-21-19(23)26/h2-9H,10-12H2,1H3,(H,21,26). The third kappa shape index (κ3) is 4.03. The van der Waals surface area contributed by atoms with Gasteiger partial charge in [-0.05, 0) is 35.4 Å². The van der Waals surface area contributed by atoms with Crippen molar-refractivity contribution in [1.29, 1.82) is 0 Å². The minimum Gasteiger partial charge on any atom is -0.337 e. The smallest absolute Gasteiger partial charge is 0.324 e. The van der Waals surface area contributed by atoms with Crippen molar-refractivity contribution >= 4 is 29.4 Å². The molecule has 1 saturated heterocycles. The second-order valence-corrected chi connectivity index (χ2v) is 6.56. The number of rotatable bonds is 5. The Kier molecular flexibility index (Phi) is 5.23. The van der Waals surface area contributed by atoms with E-state index in [9.17, 15) is 14.4 Å². The molecule has 3 rings (SSSR count). The molecule has 1 aliphatic rings. The topological polar surface area (TPSA) is 69.7 Å². The second-order valence-electron chi connectivity index (χ2n) is 6.13. The predicted molar refractivity (Wildman–Crippen MR) is 97.6 cm³/mol. The number of hydrogen-bond donors (Lipinski definition) is 1. The molecule has 1 fully saturated rings. The molecule has 0 atom stereocenters. The number of amides is 4. The molecule has 0 saturated carbocycles. The highest BCUT2D eigenvalue weighted by Gasteiger charge is 2.28. The third-order valence-corrected chi connectivity index (χ3v) is 4.37. The summed E-state index contributed by atoms with van der Waals surface area (Å²) >= 11 is 5.97. The molecule has 134 valence electrons. The summed E-state index contributed by atoms with van der Waals surface area (Å²) in [6, 6.07) is 13.9. The molecule has 1 heterocycles. The summed E-state index contributed by atoms with van der Waals surface area (Å²) < 4.78 is 0. The van der Waals surface area contributed by atoms with E-state index < -0.39 is 6.03 Å². The molecule has 0 bridgehead atoms. The molecule has 0 aromatic heterocycles. The first-order valence-corrected chi connectivity index (χ1v) is 8.49. The molecule has 2 aromatic carbocycles. The number of urea groups is 1. The van der Waals surface area contributed by atoms with Crippen LogP contribution >= 0.6 is 11.6 Å². The van der Waals surface area contributed by atoms with Crippen molar-refractivity contribution in [3.63, 3.8) is 0 Å². The number of nitrogens with zero attached hydrogens (tertiary/aromatic N) is 2. The molecule has 4 amide bonds. The summed E-state index contributed by atoms with van der Waals surface area (Å²) in [5, 5.41) is 3.11. The van der Waals surface area contributed by atoms with E-state index in [1.54, 1.807) is 42.3 Å². The number of benzene rings is 2. The van der Waals surface area contributed by atoms with Gasteiger partial charge < -0.3 is 10.2 Å². The van der Waals surface area contributed by atoms with Crippen LogP contribution in [0.3, 0.4) is 0 Å². The number of hydrogen-bond acceptors (Lipinski definition) is 3. The first-order valence-electron chi connectivity index (χ1n) is 8.11. The van der Waals surface area contributed by atoms with Gasteiger partial charge in [0.15, 0.2) is 0 Å². The summed E-state index contributed by atoms with van der Waals surface area (Å²) in [5.41, 5.74) is 2.27. The van der Waals surface area contributed by atoms with Crippen molar-refractivity contribution in [3.05, 3.63) is 70.2 Å². The van der Waals surface area contributed by atoms with E-state index in [0.29, 0.717) is 17.1 Å². The Bertz CT molecular complexity index is 835. The van der Waals surface area contributed by atoms with Gasteiger partial charge in [0, 0.05) is 24.2 Å². The van der Waals surface area contributed by atoms with E-state index in [-0.39, 0.29) is 24.9 Å². The number of imide groups is 1. The summed E-state index contributed by atoms with van der Waals surface area (Å²) in [4.78, 5) is 38.5. The van der Waals surface area contributed by atoms with Crippen molar-refractivity contribution in [2.45, 2.75) is 13.1 Å². The highest BCUT2D eigenvalue weighted by atomic mass is 35.5. The zero-order valence-electron chi connectivity index (χ0n) is 14.2. The summed E-state index contributed by atoms with van der Waals surface area (Å²) in [5.74, 6) is -0.372. The second kappa shape index (κ2) is 7.58. The van der Waals surface area contributed by atoms with Gasteiger partial charge in [0.2, 0.25) is 5.91 Å². The molecular weight excluding hydrogens is 354 g/mol. The van der Waals surface area contributed by atoms with Crippen LogP contribution in [0.1, 0.15) is 21.5 Å². The molecule has 6 nitrogen and oxygen atoms in total. The Morgan fingerprint density at radius 2 is 1.88 bits per heavy atom. The van der Waals surface area contributed by atoms with Gasteiger partial charge >= 0.3 is 6.03 Å². The van der Waals surface area contributed by atoms with E-state index in [2.05, 4.69) is 5.32 Å². The number of carbonyl (C=O) groups excluding carboxylic acids is 3. The van der Waals surface area contributed by atoms with Crippen LogP contribution in [0, 0.1) is 0 Å². The Morgan fingerprint density at radius 1 is 1.15 bits per heavy atom. The Hall–Kier alpha value is -2.86. The van der Waals surface area contributed by atoms with Gasteiger partial charge in [0.1, 0.15) is 0 Å². The maximum absolute atomic E-state index is 12.6. The van der Waals surface area contributed by atoms with Crippen LogP contribution in [-0.2, 0) is 17.9 Å². The third-order valence-electron chi connectivity index (χ3n) is 4.13. The summed E-state index contributed by atoms with van der Waals surface area (Å²) in [6.07, 6.45) is 0. The van der Waals surface area contributed by atoms with Crippen molar-refractivity contribution in [1.82, 2.24) is 15.1 Å². The van der Waals surface area contributed by atoms with Crippen LogP contribution < -0.4 is 5.32 Å². The number of halogens is 1. The maximum Gasteiger partial charge on any atom is 0.324 e. The van der Waals surface area contributed by atoms with Gasteiger partial charge in [0.05, 0.1) is 13.1 Å². The SMILES string of the molecule is CN(Cc1cccc(Cl)c1)C(=O)c1ccc(CN2C(=O)CNC2=O)cc1. The molecule has 1 N–H and O–H groups in total. The molecule has 0 radical (unpaired) electrons. The van der Waals surface area contributed by atoms with Crippen LogP contribution in [0.4, 0.5) is 4.79 Å². The van der Waals surface area contributed by atoms with Crippen LogP contribution in [0.15, 0.2) is 48.5 Å².